The third-order valence-corrected chi connectivity index (χ3v) is 3.27. The van der Waals surface area contributed by atoms with E-state index in [1.165, 1.54) is 0 Å². The SMILES string of the molecule is COc1ccc(CNC(=O)NC(C)C(C)C)cc1C. The summed E-state index contributed by atoms with van der Waals surface area (Å²) in [5.41, 5.74) is 2.13. The van der Waals surface area contributed by atoms with Gasteiger partial charge in [0.15, 0.2) is 0 Å². The zero-order chi connectivity index (χ0) is 14.4. The van der Waals surface area contributed by atoms with Crippen LogP contribution >= 0.6 is 0 Å². The van der Waals surface area contributed by atoms with Crippen LogP contribution in [0.15, 0.2) is 18.2 Å². The van der Waals surface area contributed by atoms with E-state index in [1.807, 2.05) is 32.0 Å². The van der Waals surface area contributed by atoms with E-state index in [2.05, 4.69) is 24.5 Å². The molecule has 0 aliphatic carbocycles. The maximum atomic E-state index is 11.7. The number of ether oxygens (including phenoxy) is 1. The lowest BCUT2D eigenvalue weighted by molar-refractivity contribution is 0.234. The molecule has 0 saturated carbocycles. The second kappa shape index (κ2) is 7.02. The van der Waals surface area contributed by atoms with Crippen molar-refractivity contribution in [1.82, 2.24) is 10.6 Å². The minimum Gasteiger partial charge on any atom is -0.496 e. The first-order chi connectivity index (χ1) is 8.93. The molecule has 0 bridgehead atoms. The molecular formula is C15H24N2O2. The van der Waals surface area contributed by atoms with Gasteiger partial charge >= 0.3 is 6.03 Å². The van der Waals surface area contributed by atoms with E-state index < -0.39 is 0 Å². The highest BCUT2D eigenvalue weighted by Gasteiger charge is 2.10. The summed E-state index contributed by atoms with van der Waals surface area (Å²) in [4.78, 5) is 11.7. The number of nitrogens with one attached hydrogen (secondary N) is 2. The van der Waals surface area contributed by atoms with E-state index in [9.17, 15) is 4.79 Å². The molecule has 0 saturated heterocycles. The highest BCUT2D eigenvalue weighted by molar-refractivity contribution is 5.74. The van der Waals surface area contributed by atoms with Gasteiger partial charge in [-0.05, 0) is 37.0 Å². The number of carbonyl (C=O) groups is 1. The van der Waals surface area contributed by atoms with Crippen LogP contribution in [-0.2, 0) is 6.54 Å². The van der Waals surface area contributed by atoms with Crippen LogP contribution in [0, 0.1) is 12.8 Å². The third kappa shape index (κ3) is 4.81. The van der Waals surface area contributed by atoms with Gasteiger partial charge in [0.1, 0.15) is 5.75 Å². The average molecular weight is 264 g/mol. The van der Waals surface area contributed by atoms with Crippen molar-refractivity contribution in [2.75, 3.05) is 7.11 Å². The minimum atomic E-state index is -0.130. The summed E-state index contributed by atoms with van der Waals surface area (Å²) in [5, 5.41) is 5.77. The summed E-state index contributed by atoms with van der Waals surface area (Å²) in [6.07, 6.45) is 0. The smallest absolute Gasteiger partial charge is 0.315 e. The Morgan fingerprint density at radius 3 is 2.53 bits per heavy atom. The van der Waals surface area contributed by atoms with Gasteiger partial charge in [0.2, 0.25) is 0 Å². The van der Waals surface area contributed by atoms with Crippen LogP contribution in [0.2, 0.25) is 0 Å². The topological polar surface area (TPSA) is 50.4 Å². The van der Waals surface area contributed by atoms with Crippen LogP contribution in [0.5, 0.6) is 5.75 Å². The molecule has 1 aromatic carbocycles. The molecule has 0 aromatic heterocycles. The van der Waals surface area contributed by atoms with Gasteiger partial charge in [-0.2, -0.15) is 0 Å². The molecule has 4 heteroatoms. The van der Waals surface area contributed by atoms with Gasteiger partial charge in [0, 0.05) is 12.6 Å². The molecule has 2 amide bonds. The Morgan fingerprint density at radius 2 is 2.00 bits per heavy atom. The predicted octanol–water partition coefficient (Wildman–Crippen LogP) is 2.85. The quantitative estimate of drug-likeness (QED) is 0.859. The molecule has 0 fully saturated rings. The van der Waals surface area contributed by atoms with Gasteiger partial charge < -0.3 is 15.4 Å². The molecule has 0 radical (unpaired) electrons. The van der Waals surface area contributed by atoms with Gasteiger partial charge in [-0.1, -0.05) is 26.0 Å². The van der Waals surface area contributed by atoms with Crippen molar-refractivity contribution in [3.63, 3.8) is 0 Å². The van der Waals surface area contributed by atoms with Crippen molar-refractivity contribution in [3.8, 4) is 5.75 Å². The summed E-state index contributed by atoms with van der Waals surface area (Å²) >= 11 is 0. The maximum Gasteiger partial charge on any atom is 0.315 e. The Bertz CT molecular complexity index is 430. The zero-order valence-electron chi connectivity index (χ0n) is 12.4. The van der Waals surface area contributed by atoms with E-state index in [0.29, 0.717) is 12.5 Å². The zero-order valence-corrected chi connectivity index (χ0v) is 12.4. The fourth-order valence-corrected chi connectivity index (χ4v) is 1.66. The van der Waals surface area contributed by atoms with E-state index in [1.54, 1.807) is 7.11 Å². The lowest BCUT2D eigenvalue weighted by atomic mass is 10.1. The van der Waals surface area contributed by atoms with Gasteiger partial charge in [-0.15, -0.1) is 0 Å². The van der Waals surface area contributed by atoms with Crippen molar-refractivity contribution in [1.29, 1.82) is 0 Å². The Hall–Kier alpha value is -1.71. The van der Waals surface area contributed by atoms with Crippen molar-refractivity contribution in [2.24, 2.45) is 5.92 Å². The first kappa shape index (κ1) is 15.3. The largest absolute Gasteiger partial charge is 0.496 e. The minimum absolute atomic E-state index is 0.130. The van der Waals surface area contributed by atoms with Crippen LogP contribution in [0.1, 0.15) is 31.9 Å². The molecule has 2 N–H and O–H groups in total. The molecule has 1 unspecified atom stereocenters. The number of aryl methyl sites for hydroxylation is 1. The van der Waals surface area contributed by atoms with E-state index in [-0.39, 0.29) is 12.1 Å². The van der Waals surface area contributed by atoms with E-state index in [0.717, 1.165) is 16.9 Å². The van der Waals surface area contributed by atoms with Crippen molar-refractivity contribution < 1.29 is 9.53 Å². The fourth-order valence-electron chi connectivity index (χ4n) is 1.66. The van der Waals surface area contributed by atoms with E-state index >= 15 is 0 Å². The van der Waals surface area contributed by atoms with E-state index in [4.69, 9.17) is 4.74 Å². The van der Waals surface area contributed by atoms with Crippen molar-refractivity contribution >= 4 is 6.03 Å². The third-order valence-electron chi connectivity index (χ3n) is 3.27. The van der Waals surface area contributed by atoms with Crippen LogP contribution < -0.4 is 15.4 Å². The first-order valence-corrected chi connectivity index (χ1v) is 6.62. The van der Waals surface area contributed by atoms with Crippen LogP contribution in [-0.4, -0.2) is 19.2 Å². The Balaban J connectivity index is 2.48. The molecule has 106 valence electrons. The van der Waals surface area contributed by atoms with Crippen molar-refractivity contribution in [3.05, 3.63) is 29.3 Å². The highest BCUT2D eigenvalue weighted by Crippen LogP contribution is 2.18. The number of carbonyl (C=O) groups excluding carboxylic acids is 1. The second-order valence-corrected chi connectivity index (χ2v) is 5.16. The maximum absolute atomic E-state index is 11.7. The summed E-state index contributed by atoms with van der Waals surface area (Å²) < 4.78 is 5.20. The van der Waals surface area contributed by atoms with Gasteiger partial charge in [0.05, 0.1) is 7.11 Å². The second-order valence-electron chi connectivity index (χ2n) is 5.16. The summed E-state index contributed by atoms with van der Waals surface area (Å²) in [6.45, 7) is 8.67. The van der Waals surface area contributed by atoms with Gasteiger partial charge in [-0.25, -0.2) is 4.79 Å². The number of methoxy groups -OCH3 is 1. The number of hydrogen-bond donors (Lipinski definition) is 2. The van der Waals surface area contributed by atoms with Crippen LogP contribution in [0.4, 0.5) is 4.79 Å². The lowest BCUT2D eigenvalue weighted by Gasteiger charge is -2.18. The molecular weight excluding hydrogens is 240 g/mol. The monoisotopic (exact) mass is 264 g/mol. The first-order valence-electron chi connectivity index (χ1n) is 6.62. The molecule has 1 aromatic rings. The molecule has 1 rings (SSSR count). The average Bonchev–Trinajstić information content (AvgIpc) is 2.36. The predicted molar refractivity (Wildman–Crippen MR) is 77.4 cm³/mol. The molecule has 0 aliphatic rings. The number of urea groups is 1. The Kier molecular flexibility index (Phi) is 5.67. The standard InChI is InChI=1S/C15H24N2O2/c1-10(2)12(4)17-15(18)16-9-13-6-7-14(19-5)11(3)8-13/h6-8,10,12H,9H2,1-5H3,(H2,16,17,18). The van der Waals surface area contributed by atoms with Crippen molar-refractivity contribution in [2.45, 2.75) is 40.3 Å². The summed E-state index contributed by atoms with van der Waals surface area (Å²) in [5.74, 6) is 1.29. The Morgan fingerprint density at radius 1 is 1.32 bits per heavy atom. The molecule has 19 heavy (non-hydrogen) atoms. The molecule has 0 aliphatic heterocycles. The highest BCUT2D eigenvalue weighted by atomic mass is 16.5. The van der Waals surface area contributed by atoms with Crippen LogP contribution in [0.25, 0.3) is 0 Å². The normalized spacial score (nSPS) is 12.1. The molecule has 0 heterocycles. The van der Waals surface area contributed by atoms with Gasteiger partial charge in [0.25, 0.3) is 0 Å². The number of amides is 2. The molecule has 0 spiro atoms. The summed E-state index contributed by atoms with van der Waals surface area (Å²) in [7, 11) is 1.65. The number of benzene rings is 1. The number of rotatable bonds is 5. The fraction of sp³-hybridized carbons (Fsp3) is 0.533. The molecule has 1 atom stereocenters. The number of hydrogen-bond acceptors (Lipinski definition) is 2. The summed E-state index contributed by atoms with van der Waals surface area (Å²) in [6, 6.07) is 5.93. The molecule has 4 nitrogen and oxygen atoms in total. The van der Waals surface area contributed by atoms with Crippen LogP contribution in [0.3, 0.4) is 0 Å². The van der Waals surface area contributed by atoms with Gasteiger partial charge in [-0.3, -0.25) is 0 Å². The Labute approximate surface area is 115 Å². The lowest BCUT2D eigenvalue weighted by Crippen LogP contribution is -2.42.